The lowest BCUT2D eigenvalue weighted by atomic mass is 9.98. The van der Waals surface area contributed by atoms with Crippen LogP contribution < -0.4 is 4.74 Å². The Labute approximate surface area is 149 Å². The fourth-order valence-corrected chi connectivity index (χ4v) is 5.39. The van der Waals surface area contributed by atoms with Crippen LogP contribution in [0.15, 0.2) is 46.0 Å². The molecule has 1 fully saturated rings. The second-order valence-corrected chi connectivity index (χ2v) is 9.04. The number of hydrogen-bond acceptors (Lipinski definition) is 5. The van der Waals surface area contributed by atoms with Gasteiger partial charge in [-0.1, -0.05) is 23.7 Å². The molecule has 128 valence electrons. The van der Waals surface area contributed by atoms with Gasteiger partial charge >= 0.3 is 5.97 Å². The van der Waals surface area contributed by atoms with E-state index in [1.54, 1.807) is 41.8 Å². The number of esters is 1. The quantitative estimate of drug-likeness (QED) is 0.597. The molecule has 1 aromatic carbocycles. The summed E-state index contributed by atoms with van der Waals surface area (Å²) in [6, 6.07) is 9.97. The van der Waals surface area contributed by atoms with Crippen molar-refractivity contribution in [2.24, 2.45) is 5.92 Å². The smallest absolute Gasteiger partial charge is 0.314 e. The normalized spacial score (nSPS) is 16.9. The number of nitrogens with zero attached hydrogens (tertiary/aromatic N) is 1. The maximum absolute atomic E-state index is 12.5. The fraction of sp³-hybridized carbons (Fsp3) is 0.312. The average Bonchev–Trinajstić information content (AvgIpc) is 3.10. The zero-order valence-corrected chi connectivity index (χ0v) is 15.1. The number of sulfonamides is 1. The van der Waals surface area contributed by atoms with Gasteiger partial charge in [0.05, 0.1) is 5.92 Å². The average molecular weight is 386 g/mol. The SMILES string of the molecule is O=C(Oc1cccc(Cl)c1)C1CCN(S(=O)(=O)c2cccs2)CC1. The third kappa shape index (κ3) is 3.80. The zero-order valence-electron chi connectivity index (χ0n) is 12.7. The molecule has 0 unspecified atom stereocenters. The van der Waals surface area contributed by atoms with Gasteiger partial charge in [-0.25, -0.2) is 8.42 Å². The van der Waals surface area contributed by atoms with Crippen molar-refractivity contribution in [1.29, 1.82) is 0 Å². The highest BCUT2D eigenvalue weighted by molar-refractivity contribution is 7.91. The summed E-state index contributed by atoms with van der Waals surface area (Å²) in [4.78, 5) is 12.2. The van der Waals surface area contributed by atoms with Crippen molar-refractivity contribution < 1.29 is 17.9 Å². The third-order valence-electron chi connectivity index (χ3n) is 3.89. The molecule has 2 heterocycles. The maximum atomic E-state index is 12.5. The van der Waals surface area contributed by atoms with Crippen LogP contribution in [0.5, 0.6) is 5.75 Å². The number of rotatable bonds is 4. The second-order valence-electron chi connectivity index (χ2n) is 5.49. The van der Waals surface area contributed by atoms with Crippen molar-refractivity contribution in [3.63, 3.8) is 0 Å². The highest BCUT2D eigenvalue weighted by atomic mass is 35.5. The summed E-state index contributed by atoms with van der Waals surface area (Å²) in [7, 11) is -3.45. The number of benzene rings is 1. The molecule has 5 nitrogen and oxygen atoms in total. The van der Waals surface area contributed by atoms with Crippen molar-refractivity contribution in [3.8, 4) is 5.75 Å². The van der Waals surface area contributed by atoms with E-state index in [0.717, 1.165) is 0 Å². The molecule has 2 aromatic rings. The van der Waals surface area contributed by atoms with Gasteiger partial charge in [0.1, 0.15) is 9.96 Å². The van der Waals surface area contributed by atoms with E-state index in [2.05, 4.69) is 0 Å². The summed E-state index contributed by atoms with van der Waals surface area (Å²) in [5.41, 5.74) is 0. The largest absolute Gasteiger partial charge is 0.426 e. The van der Waals surface area contributed by atoms with Crippen LogP contribution in [0.4, 0.5) is 0 Å². The molecule has 1 aliphatic rings. The van der Waals surface area contributed by atoms with Crippen LogP contribution in [0.1, 0.15) is 12.8 Å². The van der Waals surface area contributed by atoms with Crippen LogP contribution in [-0.2, 0) is 14.8 Å². The monoisotopic (exact) mass is 385 g/mol. The van der Waals surface area contributed by atoms with Gasteiger partial charge < -0.3 is 4.74 Å². The molecule has 1 saturated heterocycles. The van der Waals surface area contributed by atoms with Crippen molar-refractivity contribution in [3.05, 3.63) is 46.8 Å². The molecule has 0 bridgehead atoms. The molecule has 0 radical (unpaired) electrons. The van der Waals surface area contributed by atoms with E-state index in [9.17, 15) is 13.2 Å². The highest BCUT2D eigenvalue weighted by Gasteiger charge is 2.33. The Bertz CT molecular complexity index is 812. The van der Waals surface area contributed by atoms with Gasteiger partial charge in [-0.15, -0.1) is 11.3 Å². The Hall–Kier alpha value is -1.41. The molecule has 3 rings (SSSR count). The first-order chi connectivity index (χ1) is 11.5. The number of piperidine rings is 1. The molecule has 0 spiro atoms. The molecule has 0 amide bonds. The van der Waals surface area contributed by atoms with Gasteiger partial charge in [0.25, 0.3) is 10.0 Å². The van der Waals surface area contributed by atoms with E-state index >= 15 is 0 Å². The van der Waals surface area contributed by atoms with Gasteiger partial charge in [-0.2, -0.15) is 4.31 Å². The van der Waals surface area contributed by atoms with Crippen LogP contribution in [0, 0.1) is 5.92 Å². The Kier molecular flexibility index (Phi) is 5.24. The number of thiophene rings is 1. The Balaban J connectivity index is 1.60. The molecule has 0 N–H and O–H groups in total. The molecule has 0 atom stereocenters. The van der Waals surface area contributed by atoms with Crippen molar-refractivity contribution in [2.75, 3.05) is 13.1 Å². The van der Waals surface area contributed by atoms with Crippen LogP contribution in [-0.4, -0.2) is 31.8 Å². The summed E-state index contributed by atoms with van der Waals surface area (Å²) in [5.74, 6) is -0.245. The first-order valence-electron chi connectivity index (χ1n) is 7.48. The van der Waals surface area contributed by atoms with Gasteiger partial charge in [-0.3, -0.25) is 4.79 Å². The van der Waals surface area contributed by atoms with Crippen LogP contribution >= 0.6 is 22.9 Å². The van der Waals surface area contributed by atoms with Gasteiger partial charge in [0.15, 0.2) is 0 Å². The van der Waals surface area contributed by atoms with E-state index in [0.29, 0.717) is 40.9 Å². The first kappa shape index (κ1) is 17.4. The summed E-state index contributed by atoms with van der Waals surface area (Å²) in [5, 5.41) is 2.24. The second kappa shape index (κ2) is 7.23. The Morgan fingerprint density at radius 3 is 2.58 bits per heavy atom. The number of ether oxygens (including phenoxy) is 1. The van der Waals surface area contributed by atoms with Crippen molar-refractivity contribution in [2.45, 2.75) is 17.1 Å². The van der Waals surface area contributed by atoms with Gasteiger partial charge in [0.2, 0.25) is 0 Å². The lowest BCUT2D eigenvalue weighted by molar-refractivity contribution is -0.140. The molecule has 24 heavy (non-hydrogen) atoms. The lowest BCUT2D eigenvalue weighted by Crippen LogP contribution is -2.40. The summed E-state index contributed by atoms with van der Waals surface area (Å²) >= 11 is 7.07. The third-order valence-corrected chi connectivity index (χ3v) is 7.40. The van der Waals surface area contributed by atoms with Crippen molar-refractivity contribution >= 4 is 38.9 Å². The maximum Gasteiger partial charge on any atom is 0.314 e. The summed E-state index contributed by atoms with van der Waals surface area (Å²) < 4.78 is 32.0. The van der Waals surface area contributed by atoms with E-state index in [1.165, 1.54) is 15.6 Å². The van der Waals surface area contributed by atoms with Gasteiger partial charge in [-0.05, 0) is 42.5 Å². The van der Waals surface area contributed by atoms with E-state index in [4.69, 9.17) is 16.3 Å². The lowest BCUT2D eigenvalue weighted by Gasteiger charge is -2.29. The topological polar surface area (TPSA) is 63.7 Å². The fourth-order valence-electron chi connectivity index (χ4n) is 2.60. The number of carbonyl (C=O) groups is 1. The number of carbonyl (C=O) groups excluding carboxylic acids is 1. The standard InChI is InChI=1S/C16H16ClNO4S2/c17-13-3-1-4-14(11-13)22-16(19)12-6-8-18(9-7-12)24(20,21)15-5-2-10-23-15/h1-5,10-12H,6-9H2. The summed E-state index contributed by atoms with van der Waals surface area (Å²) in [6.45, 7) is 0.630. The minimum absolute atomic E-state index is 0.307. The molecule has 1 aliphatic heterocycles. The molecule has 1 aromatic heterocycles. The van der Waals surface area contributed by atoms with Gasteiger partial charge in [0, 0.05) is 18.1 Å². The van der Waals surface area contributed by atoms with E-state index < -0.39 is 10.0 Å². The van der Waals surface area contributed by atoms with Crippen LogP contribution in [0.2, 0.25) is 5.02 Å². The zero-order chi connectivity index (χ0) is 17.2. The minimum Gasteiger partial charge on any atom is -0.426 e. The predicted octanol–water partition coefficient (Wildman–Crippen LogP) is 3.41. The first-order valence-corrected chi connectivity index (χ1v) is 10.2. The molecule has 8 heteroatoms. The Morgan fingerprint density at radius 2 is 1.96 bits per heavy atom. The minimum atomic E-state index is -3.45. The van der Waals surface area contributed by atoms with Crippen molar-refractivity contribution in [1.82, 2.24) is 4.31 Å². The molecule has 0 saturated carbocycles. The van der Waals surface area contributed by atoms with Crippen LogP contribution in [0.3, 0.4) is 0 Å². The van der Waals surface area contributed by atoms with E-state index in [-0.39, 0.29) is 11.9 Å². The molecular formula is C16H16ClNO4S2. The number of hydrogen-bond donors (Lipinski definition) is 0. The van der Waals surface area contributed by atoms with Crippen LogP contribution in [0.25, 0.3) is 0 Å². The Morgan fingerprint density at radius 1 is 1.21 bits per heavy atom. The molecule has 0 aliphatic carbocycles. The molecular weight excluding hydrogens is 370 g/mol. The van der Waals surface area contributed by atoms with E-state index in [1.807, 2.05) is 0 Å². The number of halogens is 1. The summed E-state index contributed by atoms with van der Waals surface area (Å²) in [6.07, 6.45) is 0.897. The highest BCUT2D eigenvalue weighted by Crippen LogP contribution is 2.27. The predicted molar refractivity (Wildman–Crippen MR) is 92.9 cm³/mol.